The van der Waals surface area contributed by atoms with Gasteiger partial charge in [-0.1, -0.05) is 0 Å². The predicted molar refractivity (Wildman–Crippen MR) is 105 cm³/mol. The predicted octanol–water partition coefficient (Wildman–Crippen LogP) is 2.90. The van der Waals surface area contributed by atoms with E-state index in [2.05, 4.69) is 10.3 Å². The van der Waals surface area contributed by atoms with Crippen molar-refractivity contribution >= 4 is 29.9 Å². The summed E-state index contributed by atoms with van der Waals surface area (Å²) in [6.07, 6.45) is 2.58. The summed E-state index contributed by atoms with van der Waals surface area (Å²) in [6, 6.07) is 3.48. The van der Waals surface area contributed by atoms with Crippen LogP contribution in [0.25, 0.3) is 0 Å². The zero-order chi connectivity index (χ0) is 17.4. The number of likely N-dealkylation sites (N-methyl/N-ethyl adjacent to an activating group) is 1. The lowest BCUT2D eigenvalue weighted by atomic mass is 10.3. The normalized spacial score (nSPS) is 14.0. The molecule has 8 heteroatoms. The number of halogens is 3. The van der Waals surface area contributed by atoms with Crippen LogP contribution in [0.2, 0.25) is 0 Å². The molecule has 1 aromatic carbocycles. The van der Waals surface area contributed by atoms with Crippen LogP contribution in [-0.4, -0.2) is 57.9 Å². The molecule has 142 valence electrons. The van der Waals surface area contributed by atoms with Gasteiger partial charge in [0, 0.05) is 33.3 Å². The average molecular weight is 469 g/mol. The summed E-state index contributed by atoms with van der Waals surface area (Å²) in [5.74, 6) is 0.00113. The van der Waals surface area contributed by atoms with Gasteiger partial charge in [0.05, 0.1) is 13.2 Å². The fourth-order valence-corrected chi connectivity index (χ4v) is 2.12. The molecule has 1 N–H and O–H groups in total. The molecule has 0 saturated heterocycles. The number of hydrogen-bond donors (Lipinski definition) is 1. The molecule has 1 saturated carbocycles. The number of hydrogen-bond acceptors (Lipinski definition) is 3. The van der Waals surface area contributed by atoms with Gasteiger partial charge in [0.15, 0.2) is 17.6 Å². The van der Waals surface area contributed by atoms with Crippen LogP contribution in [-0.2, 0) is 4.74 Å². The Kier molecular flexibility index (Phi) is 10.0. The van der Waals surface area contributed by atoms with E-state index in [-0.39, 0.29) is 24.0 Å². The molecule has 1 aromatic rings. The molecule has 0 heterocycles. The second kappa shape index (κ2) is 11.5. The Morgan fingerprint density at radius 2 is 2.04 bits per heavy atom. The third-order valence-corrected chi connectivity index (χ3v) is 3.74. The highest BCUT2D eigenvalue weighted by Gasteiger charge is 2.21. The summed E-state index contributed by atoms with van der Waals surface area (Å²) in [6.45, 7) is 3.08. The van der Waals surface area contributed by atoms with Gasteiger partial charge in [-0.2, -0.15) is 0 Å². The SMILES string of the molecule is CN=C(NCCOc1ccc(F)c(F)c1)N(C)CCOCC1CC1.I. The highest BCUT2D eigenvalue weighted by atomic mass is 127. The van der Waals surface area contributed by atoms with E-state index in [0.29, 0.717) is 25.5 Å². The summed E-state index contributed by atoms with van der Waals surface area (Å²) in [4.78, 5) is 6.17. The van der Waals surface area contributed by atoms with Crippen molar-refractivity contribution in [1.29, 1.82) is 0 Å². The molecule has 0 atom stereocenters. The molecule has 0 bridgehead atoms. The van der Waals surface area contributed by atoms with Crippen molar-refractivity contribution in [3.05, 3.63) is 29.8 Å². The second-order valence-corrected chi connectivity index (χ2v) is 5.84. The number of rotatable bonds is 9. The number of aliphatic imine (C=N–C) groups is 1. The van der Waals surface area contributed by atoms with Crippen molar-refractivity contribution in [2.24, 2.45) is 10.9 Å². The Morgan fingerprint density at radius 3 is 2.68 bits per heavy atom. The minimum Gasteiger partial charge on any atom is -0.492 e. The van der Waals surface area contributed by atoms with Crippen LogP contribution < -0.4 is 10.1 Å². The van der Waals surface area contributed by atoms with Crippen molar-refractivity contribution < 1.29 is 18.3 Å². The van der Waals surface area contributed by atoms with Crippen LogP contribution in [0.15, 0.2) is 23.2 Å². The summed E-state index contributed by atoms with van der Waals surface area (Å²) >= 11 is 0. The van der Waals surface area contributed by atoms with Crippen molar-refractivity contribution in [3.63, 3.8) is 0 Å². The molecule has 5 nitrogen and oxygen atoms in total. The first-order valence-corrected chi connectivity index (χ1v) is 8.17. The zero-order valence-corrected chi connectivity index (χ0v) is 17.0. The fourth-order valence-electron chi connectivity index (χ4n) is 2.12. The summed E-state index contributed by atoms with van der Waals surface area (Å²) < 4.78 is 36.9. The average Bonchev–Trinajstić information content (AvgIpc) is 3.39. The van der Waals surface area contributed by atoms with Crippen LogP contribution in [0.1, 0.15) is 12.8 Å². The largest absolute Gasteiger partial charge is 0.492 e. The van der Waals surface area contributed by atoms with E-state index >= 15 is 0 Å². The van der Waals surface area contributed by atoms with Gasteiger partial charge in [-0.15, -0.1) is 24.0 Å². The van der Waals surface area contributed by atoms with E-state index in [0.717, 1.165) is 37.2 Å². The quantitative estimate of drug-likeness (QED) is 0.262. The van der Waals surface area contributed by atoms with Gasteiger partial charge in [-0.05, 0) is 30.9 Å². The van der Waals surface area contributed by atoms with Crippen LogP contribution >= 0.6 is 24.0 Å². The standard InChI is InChI=1S/C17H25F2N3O2.HI/c1-20-17(22(2)8-10-23-12-13-3-4-13)21-7-9-24-14-5-6-15(18)16(19)11-14;/h5-6,11,13H,3-4,7-10,12H2,1-2H3,(H,20,21);1H. The van der Waals surface area contributed by atoms with E-state index in [1.165, 1.54) is 18.9 Å². The van der Waals surface area contributed by atoms with Gasteiger partial charge in [0.2, 0.25) is 0 Å². The maximum atomic E-state index is 13.1. The van der Waals surface area contributed by atoms with Crippen molar-refractivity contribution in [2.75, 3.05) is 47.0 Å². The van der Waals surface area contributed by atoms with Gasteiger partial charge in [0.1, 0.15) is 12.4 Å². The first-order chi connectivity index (χ1) is 11.6. The fraction of sp³-hybridized carbons (Fsp3) is 0.588. The molecule has 1 aliphatic rings. The molecule has 0 amide bonds. The molecule has 0 aliphatic heterocycles. The minimum atomic E-state index is -0.915. The van der Waals surface area contributed by atoms with Crippen LogP contribution in [0, 0.1) is 17.6 Å². The van der Waals surface area contributed by atoms with E-state index in [1.807, 2.05) is 11.9 Å². The van der Waals surface area contributed by atoms with Crippen LogP contribution in [0.4, 0.5) is 8.78 Å². The number of ether oxygens (including phenoxy) is 2. The Labute approximate surface area is 164 Å². The zero-order valence-electron chi connectivity index (χ0n) is 14.6. The Bertz CT molecular complexity index is 557. The third kappa shape index (κ3) is 8.17. The van der Waals surface area contributed by atoms with Gasteiger partial charge >= 0.3 is 0 Å². The molecule has 0 radical (unpaired) electrons. The van der Waals surface area contributed by atoms with Gasteiger partial charge in [-0.3, -0.25) is 4.99 Å². The molecule has 1 fully saturated rings. The highest BCUT2D eigenvalue weighted by Crippen LogP contribution is 2.28. The molecule has 0 aromatic heterocycles. The molecule has 0 spiro atoms. The van der Waals surface area contributed by atoms with Crippen molar-refractivity contribution in [3.8, 4) is 5.75 Å². The third-order valence-electron chi connectivity index (χ3n) is 3.74. The second-order valence-electron chi connectivity index (χ2n) is 5.84. The first-order valence-electron chi connectivity index (χ1n) is 8.17. The number of nitrogens with one attached hydrogen (secondary N) is 1. The minimum absolute atomic E-state index is 0. The Balaban J connectivity index is 0.00000312. The highest BCUT2D eigenvalue weighted by molar-refractivity contribution is 14.0. The van der Waals surface area contributed by atoms with Crippen molar-refractivity contribution in [1.82, 2.24) is 10.2 Å². The molecule has 2 rings (SSSR count). The molecular formula is C17H26F2IN3O2. The van der Waals surface area contributed by atoms with E-state index in [4.69, 9.17) is 9.47 Å². The Morgan fingerprint density at radius 1 is 1.28 bits per heavy atom. The number of nitrogens with zero attached hydrogens (tertiary/aromatic N) is 2. The summed E-state index contributed by atoms with van der Waals surface area (Å²) in [5.41, 5.74) is 0. The Hall–Kier alpha value is -1.16. The molecule has 25 heavy (non-hydrogen) atoms. The van der Waals surface area contributed by atoms with E-state index in [1.54, 1.807) is 7.05 Å². The number of benzene rings is 1. The lowest BCUT2D eigenvalue weighted by Crippen LogP contribution is -2.42. The molecular weight excluding hydrogens is 443 g/mol. The van der Waals surface area contributed by atoms with Crippen LogP contribution in [0.5, 0.6) is 5.75 Å². The van der Waals surface area contributed by atoms with Crippen molar-refractivity contribution in [2.45, 2.75) is 12.8 Å². The summed E-state index contributed by atoms with van der Waals surface area (Å²) in [5, 5.41) is 3.15. The van der Waals surface area contributed by atoms with E-state index in [9.17, 15) is 8.78 Å². The molecule has 0 unspecified atom stereocenters. The maximum Gasteiger partial charge on any atom is 0.193 e. The molecule has 1 aliphatic carbocycles. The van der Waals surface area contributed by atoms with Gasteiger partial charge < -0.3 is 19.7 Å². The van der Waals surface area contributed by atoms with Crippen LogP contribution in [0.3, 0.4) is 0 Å². The maximum absolute atomic E-state index is 13.1. The lowest BCUT2D eigenvalue weighted by molar-refractivity contribution is 0.115. The van der Waals surface area contributed by atoms with Gasteiger partial charge in [0.25, 0.3) is 0 Å². The lowest BCUT2D eigenvalue weighted by Gasteiger charge is -2.22. The summed E-state index contributed by atoms with van der Waals surface area (Å²) in [7, 11) is 3.64. The number of guanidine groups is 1. The topological polar surface area (TPSA) is 46.1 Å². The first kappa shape index (κ1) is 21.9. The van der Waals surface area contributed by atoms with Gasteiger partial charge in [-0.25, -0.2) is 8.78 Å². The smallest absolute Gasteiger partial charge is 0.193 e. The monoisotopic (exact) mass is 469 g/mol. The van der Waals surface area contributed by atoms with E-state index < -0.39 is 11.6 Å².